The molecule has 6 heteroatoms. The third-order valence-corrected chi connectivity index (χ3v) is 2.92. The van der Waals surface area contributed by atoms with E-state index in [4.69, 9.17) is 9.92 Å². The van der Waals surface area contributed by atoms with E-state index in [1.807, 2.05) is 0 Å². The molecule has 4 nitrogen and oxygen atoms in total. The fraction of sp³-hybridized carbons (Fsp3) is 0.333. The van der Waals surface area contributed by atoms with Gasteiger partial charge in [0.15, 0.2) is 0 Å². The number of aliphatic hydroxyl groups is 1. The largest absolute Gasteiger partial charge is 0.386 e. The number of nitrogens with one attached hydrogen (secondary N) is 1. The van der Waals surface area contributed by atoms with Crippen LogP contribution in [0.5, 0.6) is 0 Å². The lowest BCUT2D eigenvalue weighted by molar-refractivity contribution is 0.0740. The molecule has 0 aliphatic rings. The minimum atomic E-state index is -3.60. The van der Waals surface area contributed by atoms with Crippen LogP contribution in [0.25, 0.3) is 0 Å². The summed E-state index contributed by atoms with van der Waals surface area (Å²) in [5, 5.41) is 14.7. The quantitative estimate of drug-likeness (QED) is 0.718. The zero-order chi connectivity index (χ0) is 11.9. The van der Waals surface area contributed by atoms with Crippen LogP contribution in [0, 0.1) is 10.6 Å². The summed E-state index contributed by atoms with van der Waals surface area (Å²) in [6.45, 7) is 2.80. The monoisotopic (exact) mass is 232 g/mol. The fourth-order valence-electron chi connectivity index (χ4n) is 1.22. The lowest BCUT2D eigenvalue weighted by Gasteiger charge is -2.19. The minimum absolute atomic E-state index is 0.0228. The highest BCUT2D eigenvalue weighted by atomic mass is 32.2. The standard InChI is InChI=1S/C9H13FN2O2S/c1-9(2,13)6-4-3-5-7(8(6)10)15(11,12)14/h3-5,13H,1-2H3,(H3,11,12,14). The van der Waals surface area contributed by atoms with Gasteiger partial charge in [-0.05, 0) is 19.9 Å². The second-order valence-electron chi connectivity index (χ2n) is 3.78. The molecule has 1 unspecified atom stereocenters. The van der Waals surface area contributed by atoms with Crippen LogP contribution in [-0.4, -0.2) is 9.32 Å². The normalized spacial score (nSPS) is 16.1. The van der Waals surface area contributed by atoms with E-state index >= 15 is 0 Å². The maximum Gasteiger partial charge on any atom is 0.147 e. The van der Waals surface area contributed by atoms with Crippen molar-refractivity contribution in [1.82, 2.24) is 0 Å². The number of nitrogens with two attached hydrogens (primary N) is 1. The van der Waals surface area contributed by atoms with Crippen LogP contribution in [-0.2, 0) is 15.5 Å². The first kappa shape index (κ1) is 12.1. The van der Waals surface area contributed by atoms with Crippen molar-refractivity contribution in [3.05, 3.63) is 29.6 Å². The van der Waals surface area contributed by atoms with Crippen molar-refractivity contribution >= 4 is 9.92 Å². The molecule has 4 N–H and O–H groups in total. The molecule has 1 aromatic carbocycles. The molecule has 0 amide bonds. The van der Waals surface area contributed by atoms with Gasteiger partial charge >= 0.3 is 0 Å². The van der Waals surface area contributed by atoms with Crippen molar-refractivity contribution in [3.8, 4) is 0 Å². The molecule has 0 heterocycles. The van der Waals surface area contributed by atoms with E-state index in [9.17, 15) is 13.7 Å². The molecule has 1 rings (SSSR count). The van der Waals surface area contributed by atoms with Gasteiger partial charge in [0.2, 0.25) is 0 Å². The number of rotatable bonds is 2. The van der Waals surface area contributed by atoms with E-state index < -0.39 is 21.3 Å². The summed E-state index contributed by atoms with van der Waals surface area (Å²) in [5.74, 6) is -0.882. The Hall–Kier alpha value is -0.980. The third kappa shape index (κ3) is 2.53. The summed E-state index contributed by atoms with van der Waals surface area (Å²) >= 11 is 0. The number of hydrogen-bond donors (Lipinski definition) is 3. The van der Waals surface area contributed by atoms with Crippen LogP contribution in [0.3, 0.4) is 0 Å². The predicted octanol–water partition coefficient (Wildman–Crippen LogP) is 1.33. The predicted molar refractivity (Wildman–Crippen MR) is 55.0 cm³/mol. The Morgan fingerprint density at radius 2 is 2.07 bits per heavy atom. The molecule has 0 bridgehead atoms. The molecule has 1 atom stereocenters. The topological polar surface area (TPSA) is 87.2 Å². The summed E-state index contributed by atoms with van der Waals surface area (Å²) in [6.07, 6.45) is 0. The van der Waals surface area contributed by atoms with Crippen molar-refractivity contribution < 1.29 is 13.7 Å². The highest BCUT2D eigenvalue weighted by molar-refractivity contribution is 7.90. The molecule has 0 fully saturated rings. The Balaban J connectivity index is 3.51. The first-order valence-electron chi connectivity index (χ1n) is 4.22. The Morgan fingerprint density at radius 1 is 1.53 bits per heavy atom. The molecule has 0 aromatic heterocycles. The SMILES string of the molecule is CC(C)(O)c1cccc(S(=N)(N)=O)c1F. The maximum absolute atomic E-state index is 13.7. The Bertz CT molecular complexity index is 477. The molecule has 0 aliphatic carbocycles. The van der Waals surface area contributed by atoms with Gasteiger partial charge in [0.25, 0.3) is 0 Å². The first-order valence-corrected chi connectivity index (χ1v) is 5.84. The molecular weight excluding hydrogens is 219 g/mol. The Kier molecular flexibility index (Phi) is 2.86. The van der Waals surface area contributed by atoms with Crippen LogP contribution >= 0.6 is 0 Å². The zero-order valence-electron chi connectivity index (χ0n) is 8.45. The zero-order valence-corrected chi connectivity index (χ0v) is 9.27. The third-order valence-electron chi connectivity index (χ3n) is 1.95. The maximum atomic E-state index is 13.7. The molecule has 1 aromatic rings. The molecule has 0 saturated carbocycles. The van der Waals surface area contributed by atoms with Gasteiger partial charge in [0.05, 0.1) is 10.5 Å². The van der Waals surface area contributed by atoms with Crippen molar-refractivity contribution in [2.24, 2.45) is 5.14 Å². The lowest BCUT2D eigenvalue weighted by Crippen LogP contribution is -2.21. The van der Waals surface area contributed by atoms with E-state index in [1.165, 1.54) is 32.0 Å². The van der Waals surface area contributed by atoms with E-state index in [0.717, 1.165) is 0 Å². The molecule has 0 spiro atoms. The van der Waals surface area contributed by atoms with E-state index in [-0.39, 0.29) is 10.5 Å². The van der Waals surface area contributed by atoms with Crippen LogP contribution in [0.2, 0.25) is 0 Å². The molecule has 15 heavy (non-hydrogen) atoms. The summed E-state index contributed by atoms with van der Waals surface area (Å²) < 4.78 is 32.0. The smallest absolute Gasteiger partial charge is 0.147 e. The lowest BCUT2D eigenvalue weighted by atomic mass is 9.98. The van der Waals surface area contributed by atoms with E-state index in [1.54, 1.807) is 0 Å². The fourth-order valence-corrected chi connectivity index (χ4v) is 1.87. The van der Waals surface area contributed by atoms with E-state index in [2.05, 4.69) is 0 Å². The Labute approximate surface area is 88.0 Å². The molecule has 0 aliphatic heterocycles. The van der Waals surface area contributed by atoms with E-state index in [0.29, 0.717) is 0 Å². The number of hydrogen-bond acceptors (Lipinski definition) is 3. The van der Waals surface area contributed by atoms with Crippen LogP contribution in [0.15, 0.2) is 23.1 Å². The minimum Gasteiger partial charge on any atom is -0.386 e. The average molecular weight is 232 g/mol. The average Bonchev–Trinajstić information content (AvgIpc) is 1.99. The second kappa shape index (κ2) is 3.55. The summed E-state index contributed by atoms with van der Waals surface area (Å²) in [6, 6.07) is 3.96. The second-order valence-corrected chi connectivity index (χ2v) is 5.42. The summed E-state index contributed by atoms with van der Waals surface area (Å²) in [5.41, 5.74) is -1.42. The van der Waals surface area contributed by atoms with Crippen molar-refractivity contribution in [3.63, 3.8) is 0 Å². The summed E-state index contributed by atoms with van der Waals surface area (Å²) in [4.78, 5) is -0.387. The van der Waals surface area contributed by atoms with Crippen LogP contribution in [0.1, 0.15) is 19.4 Å². The molecule has 0 saturated heterocycles. The van der Waals surface area contributed by atoms with Crippen molar-refractivity contribution in [2.45, 2.75) is 24.3 Å². The van der Waals surface area contributed by atoms with Crippen molar-refractivity contribution in [2.75, 3.05) is 0 Å². The first-order chi connectivity index (χ1) is 6.64. The highest BCUT2D eigenvalue weighted by Gasteiger charge is 2.24. The molecule has 0 radical (unpaired) electrons. The van der Waals surface area contributed by atoms with Gasteiger partial charge in [-0.25, -0.2) is 18.5 Å². The highest BCUT2D eigenvalue weighted by Crippen LogP contribution is 2.26. The number of halogens is 1. The van der Waals surface area contributed by atoms with Gasteiger partial charge in [-0.1, -0.05) is 12.1 Å². The van der Waals surface area contributed by atoms with Gasteiger partial charge in [-0.2, -0.15) is 0 Å². The van der Waals surface area contributed by atoms with Gasteiger partial charge in [0, 0.05) is 5.56 Å². The number of benzene rings is 1. The van der Waals surface area contributed by atoms with Gasteiger partial charge in [0.1, 0.15) is 15.7 Å². The summed E-state index contributed by atoms with van der Waals surface area (Å²) in [7, 11) is -3.60. The van der Waals surface area contributed by atoms with Gasteiger partial charge < -0.3 is 5.11 Å². The Morgan fingerprint density at radius 3 is 2.47 bits per heavy atom. The van der Waals surface area contributed by atoms with Crippen molar-refractivity contribution in [1.29, 1.82) is 4.78 Å². The molecular formula is C9H13FN2O2S. The molecule has 84 valence electrons. The van der Waals surface area contributed by atoms with Crippen LogP contribution < -0.4 is 5.14 Å². The van der Waals surface area contributed by atoms with Gasteiger partial charge in [-0.3, -0.25) is 0 Å². The van der Waals surface area contributed by atoms with Gasteiger partial charge in [-0.15, -0.1) is 0 Å². The van der Waals surface area contributed by atoms with Crippen LogP contribution in [0.4, 0.5) is 4.39 Å².